The van der Waals surface area contributed by atoms with Crippen LogP contribution < -0.4 is 11.0 Å². The first-order valence-corrected chi connectivity index (χ1v) is 7.09. The average molecular weight is 285 g/mol. The number of ether oxygens (including phenoxy) is 1. The molecule has 0 saturated carbocycles. The van der Waals surface area contributed by atoms with Crippen molar-refractivity contribution in [2.75, 3.05) is 18.5 Å². The zero-order chi connectivity index (χ0) is 15.8. The zero-order valence-electron chi connectivity index (χ0n) is 13.2. The molecule has 0 unspecified atom stereocenters. The average Bonchev–Trinajstić information content (AvgIpc) is 3.02. The first-order valence-electron chi connectivity index (χ1n) is 7.09. The highest BCUT2D eigenvalue weighted by Crippen LogP contribution is 1.98. The largest absolute Gasteiger partial charge is 0.381 e. The van der Waals surface area contributed by atoms with E-state index in [1.54, 1.807) is 0 Å². The second-order valence-electron chi connectivity index (χ2n) is 3.29. The van der Waals surface area contributed by atoms with Crippen molar-refractivity contribution < 1.29 is 9.53 Å². The Morgan fingerprint density at radius 3 is 2.15 bits per heavy atom. The number of hydrogen-bond acceptors (Lipinski definition) is 4. The van der Waals surface area contributed by atoms with Crippen molar-refractivity contribution in [1.29, 1.82) is 0 Å². The van der Waals surface area contributed by atoms with E-state index in [0.29, 0.717) is 5.82 Å². The molecule has 0 radical (unpaired) electrons. The number of aromatic nitrogens is 2. The first-order chi connectivity index (χ1) is 9.68. The smallest absolute Gasteiger partial charge is 0.346 e. The van der Waals surface area contributed by atoms with Gasteiger partial charge in [-0.15, -0.1) is 0 Å². The van der Waals surface area contributed by atoms with Crippen LogP contribution in [-0.2, 0) is 9.53 Å². The van der Waals surface area contributed by atoms with Gasteiger partial charge in [0.15, 0.2) is 0 Å². The Balaban J connectivity index is 0. The van der Waals surface area contributed by atoms with E-state index < -0.39 is 5.69 Å². The lowest BCUT2D eigenvalue weighted by atomic mass is 10.4. The molecular weight excluding hydrogens is 258 g/mol. The zero-order valence-corrected chi connectivity index (χ0v) is 13.2. The number of nitrogens with zero attached hydrogens (tertiary/aromatic N) is 1. The molecule has 0 aromatic carbocycles. The van der Waals surface area contributed by atoms with Crippen LogP contribution in [0.4, 0.5) is 5.82 Å². The summed E-state index contributed by atoms with van der Waals surface area (Å²) in [7, 11) is 0. The Morgan fingerprint density at radius 1 is 1.25 bits per heavy atom. The fourth-order valence-corrected chi connectivity index (χ4v) is 1.14. The molecule has 0 bridgehead atoms. The van der Waals surface area contributed by atoms with Crippen molar-refractivity contribution in [2.45, 2.75) is 47.5 Å². The second kappa shape index (κ2) is 15.4. The van der Waals surface area contributed by atoms with E-state index in [1.165, 1.54) is 32.0 Å². The predicted octanol–water partition coefficient (Wildman–Crippen LogP) is 2.58. The Labute approximate surface area is 121 Å². The lowest BCUT2D eigenvalue weighted by molar-refractivity contribution is -0.114. The predicted molar refractivity (Wildman–Crippen MR) is 81.9 cm³/mol. The highest BCUT2D eigenvalue weighted by atomic mass is 16.5. The number of H-pyrrole nitrogens is 1. The van der Waals surface area contributed by atoms with Crippen molar-refractivity contribution in [3.8, 4) is 0 Å². The lowest BCUT2D eigenvalue weighted by Gasteiger charge is -1.97. The molecule has 1 aliphatic rings. The number of rotatable bonds is 1. The van der Waals surface area contributed by atoms with E-state index in [-0.39, 0.29) is 5.91 Å². The molecule has 2 N–H and O–H groups in total. The minimum absolute atomic E-state index is 0.230. The molecule has 1 amide bonds. The summed E-state index contributed by atoms with van der Waals surface area (Å²) in [4.78, 5) is 26.7. The quantitative estimate of drug-likeness (QED) is 0.830. The molecule has 1 fully saturated rings. The number of amides is 1. The van der Waals surface area contributed by atoms with Crippen LogP contribution in [-0.4, -0.2) is 29.1 Å². The van der Waals surface area contributed by atoms with Crippen LogP contribution in [0.25, 0.3) is 0 Å². The van der Waals surface area contributed by atoms with E-state index in [1.807, 2.05) is 27.7 Å². The minimum atomic E-state index is -0.476. The summed E-state index contributed by atoms with van der Waals surface area (Å²) in [6.07, 6.45) is 3.88. The minimum Gasteiger partial charge on any atom is -0.381 e. The monoisotopic (exact) mass is 285 g/mol. The van der Waals surface area contributed by atoms with E-state index in [4.69, 9.17) is 4.74 Å². The first kappa shape index (κ1) is 20.6. The normalized spacial score (nSPS) is 11.7. The molecule has 1 aliphatic heterocycles. The molecule has 2 rings (SSSR count). The van der Waals surface area contributed by atoms with Gasteiger partial charge in [0.05, 0.1) is 0 Å². The van der Waals surface area contributed by atoms with Gasteiger partial charge in [0, 0.05) is 26.3 Å². The van der Waals surface area contributed by atoms with Crippen molar-refractivity contribution in [3.63, 3.8) is 0 Å². The molecule has 0 aliphatic carbocycles. The van der Waals surface area contributed by atoms with Crippen LogP contribution >= 0.6 is 0 Å². The van der Waals surface area contributed by atoms with Crippen LogP contribution in [0.15, 0.2) is 17.1 Å². The maximum Gasteiger partial charge on any atom is 0.346 e. The second-order valence-corrected chi connectivity index (χ2v) is 3.29. The Bertz CT molecular complexity index is 380. The molecule has 2 heterocycles. The fraction of sp³-hybridized carbons (Fsp3) is 0.643. The molecule has 116 valence electrons. The summed E-state index contributed by atoms with van der Waals surface area (Å²) in [6.45, 7) is 11.4. The SMILES string of the molecule is C1CCOC1.CC.CC.CC(=O)Nc1ccnc(=O)[nH]1. The van der Waals surface area contributed by atoms with E-state index in [2.05, 4.69) is 15.3 Å². The summed E-state index contributed by atoms with van der Waals surface area (Å²) in [6, 6.07) is 1.50. The van der Waals surface area contributed by atoms with Gasteiger partial charge in [0.1, 0.15) is 5.82 Å². The third kappa shape index (κ3) is 12.8. The van der Waals surface area contributed by atoms with Gasteiger partial charge in [-0.3, -0.25) is 9.78 Å². The maximum atomic E-state index is 10.6. The van der Waals surface area contributed by atoms with E-state index in [9.17, 15) is 9.59 Å². The summed E-state index contributed by atoms with van der Waals surface area (Å²) in [5, 5.41) is 2.41. The molecule has 0 spiro atoms. The third-order valence-electron chi connectivity index (χ3n) is 1.81. The highest BCUT2D eigenvalue weighted by molar-refractivity contribution is 5.87. The van der Waals surface area contributed by atoms with Gasteiger partial charge in [-0.25, -0.2) is 9.78 Å². The summed E-state index contributed by atoms with van der Waals surface area (Å²) in [5.74, 6) is 0.129. The molecular formula is C14H27N3O3. The fourth-order valence-electron chi connectivity index (χ4n) is 1.14. The number of anilines is 1. The topological polar surface area (TPSA) is 84.1 Å². The summed E-state index contributed by atoms with van der Waals surface area (Å²) in [5.41, 5.74) is -0.476. The van der Waals surface area contributed by atoms with Crippen LogP contribution in [0.3, 0.4) is 0 Å². The van der Waals surface area contributed by atoms with Gasteiger partial charge in [-0.1, -0.05) is 27.7 Å². The van der Waals surface area contributed by atoms with Crippen LogP contribution in [0.2, 0.25) is 0 Å². The van der Waals surface area contributed by atoms with Gasteiger partial charge >= 0.3 is 5.69 Å². The van der Waals surface area contributed by atoms with Crippen LogP contribution in [0.5, 0.6) is 0 Å². The third-order valence-corrected chi connectivity index (χ3v) is 1.81. The Morgan fingerprint density at radius 2 is 1.80 bits per heavy atom. The molecule has 20 heavy (non-hydrogen) atoms. The number of aromatic amines is 1. The lowest BCUT2D eigenvalue weighted by Crippen LogP contribution is -2.14. The molecule has 1 saturated heterocycles. The number of carbonyl (C=O) groups is 1. The highest BCUT2D eigenvalue weighted by Gasteiger charge is 1.95. The summed E-state index contributed by atoms with van der Waals surface area (Å²) >= 11 is 0. The van der Waals surface area contributed by atoms with Gasteiger partial charge in [-0.2, -0.15) is 0 Å². The van der Waals surface area contributed by atoms with Crippen LogP contribution in [0.1, 0.15) is 47.5 Å². The van der Waals surface area contributed by atoms with Gasteiger partial charge in [0.25, 0.3) is 0 Å². The standard InChI is InChI=1S/C6H7N3O2.C4H8O.2C2H6/c1-4(10)8-5-2-3-7-6(11)9-5;1-2-4-5-3-1;2*1-2/h2-3H,1H3,(H2,7,8,9,10,11);1-4H2;2*1-2H3. The Hall–Kier alpha value is -1.69. The van der Waals surface area contributed by atoms with Crippen molar-refractivity contribution in [3.05, 3.63) is 22.7 Å². The number of carbonyl (C=O) groups excluding carboxylic acids is 1. The molecule has 0 atom stereocenters. The molecule has 6 nitrogen and oxygen atoms in total. The number of nitrogens with one attached hydrogen (secondary N) is 2. The van der Waals surface area contributed by atoms with Crippen molar-refractivity contribution in [2.24, 2.45) is 0 Å². The molecule has 1 aromatic heterocycles. The summed E-state index contributed by atoms with van der Waals surface area (Å²) < 4.78 is 4.94. The van der Waals surface area contributed by atoms with Gasteiger partial charge < -0.3 is 10.1 Å². The van der Waals surface area contributed by atoms with E-state index in [0.717, 1.165) is 13.2 Å². The van der Waals surface area contributed by atoms with E-state index >= 15 is 0 Å². The number of hydrogen-bond donors (Lipinski definition) is 2. The van der Waals surface area contributed by atoms with Crippen LogP contribution in [0, 0.1) is 0 Å². The Kier molecular flexibility index (Phi) is 15.8. The molecule has 1 aromatic rings. The van der Waals surface area contributed by atoms with Gasteiger partial charge in [-0.05, 0) is 18.9 Å². The molecule has 6 heteroatoms. The van der Waals surface area contributed by atoms with Crippen molar-refractivity contribution in [1.82, 2.24) is 9.97 Å². The van der Waals surface area contributed by atoms with Gasteiger partial charge in [0.2, 0.25) is 5.91 Å². The van der Waals surface area contributed by atoms with Crippen molar-refractivity contribution >= 4 is 11.7 Å². The maximum absolute atomic E-state index is 10.6.